The normalized spacial score (nSPS) is 17.1. The highest BCUT2D eigenvalue weighted by molar-refractivity contribution is 7.89. The summed E-state index contributed by atoms with van der Waals surface area (Å²) in [4.78, 5) is 43.1. The van der Waals surface area contributed by atoms with Gasteiger partial charge in [-0.3, -0.25) is 10.2 Å². The van der Waals surface area contributed by atoms with Crippen LogP contribution in [0.2, 0.25) is 0 Å². The van der Waals surface area contributed by atoms with E-state index in [1.54, 1.807) is 12.1 Å². The van der Waals surface area contributed by atoms with E-state index in [1.165, 1.54) is 18.2 Å². The van der Waals surface area contributed by atoms with E-state index in [0.717, 1.165) is 41.8 Å². The van der Waals surface area contributed by atoms with E-state index in [1.807, 2.05) is 18.2 Å². The highest BCUT2D eigenvalue weighted by Gasteiger charge is 2.35. The summed E-state index contributed by atoms with van der Waals surface area (Å²) >= 11 is 0. The third kappa shape index (κ3) is 9.02. The number of alkyl carbamates (subject to hydrolysis) is 1. The zero-order valence-corrected chi connectivity index (χ0v) is 27.8. The Bertz CT molecular complexity index is 1710. The number of sulfonamides is 1. The van der Waals surface area contributed by atoms with Crippen LogP contribution in [0.1, 0.15) is 31.2 Å². The fourth-order valence-corrected chi connectivity index (χ4v) is 6.83. The number of carbonyl (C=O) groups is 3. The molecule has 1 saturated heterocycles. The summed E-state index contributed by atoms with van der Waals surface area (Å²) in [5, 5.41) is 20.8. The van der Waals surface area contributed by atoms with E-state index < -0.39 is 59.2 Å². The Morgan fingerprint density at radius 1 is 1.02 bits per heavy atom. The van der Waals surface area contributed by atoms with Crippen molar-refractivity contribution in [2.75, 3.05) is 46.1 Å². The summed E-state index contributed by atoms with van der Waals surface area (Å²) in [6.45, 7) is -0.203. The van der Waals surface area contributed by atoms with Gasteiger partial charge in [0, 0.05) is 5.39 Å². The quantitative estimate of drug-likeness (QED) is 0.183. The van der Waals surface area contributed by atoms with E-state index in [-0.39, 0.29) is 48.0 Å². The van der Waals surface area contributed by atoms with Crippen LogP contribution in [0.25, 0.3) is 10.9 Å². The third-order valence-electron chi connectivity index (χ3n) is 7.99. The van der Waals surface area contributed by atoms with Crippen molar-refractivity contribution in [3.63, 3.8) is 0 Å². The van der Waals surface area contributed by atoms with Crippen LogP contribution in [0.15, 0.2) is 53.4 Å². The van der Waals surface area contributed by atoms with Crippen molar-refractivity contribution < 1.29 is 56.4 Å². The minimum Gasteiger partial charge on any atom is -0.453 e. The zero-order valence-electron chi connectivity index (χ0n) is 27.0. The van der Waals surface area contributed by atoms with Crippen LogP contribution in [-0.2, 0) is 45.0 Å². The molecule has 3 aromatic rings. The Balaban J connectivity index is 1.45. The van der Waals surface area contributed by atoms with Gasteiger partial charge in [0.2, 0.25) is 0 Å². The average molecular weight is 706 g/mol. The van der Waals surface area contributed by atoms with Crippen molar-refractivity contribution >= 4 is 45.0 Å². The molecule has 1 aromatic heterocycles. The molecule has 2 atom stereocenters. The van der Waals surface area contributed by atoms with Crippen molar-refractivity contribution in [3.05, 3.63) is 54.1 Å². The first-order chi connectivity index (χ1) is 23.6. The molecular formula is C31H39N5O12S. The molecule has 17 nitrogen and oxygen atoms in total. The molecular weight excluding hydrogens is 666 g/mol. The number of nitrogens with zero attached hydrogens (tertiary/aromatic N) is 3. The standard InChI is InChI=1S/C31H39N5O12S/c1-43-29(38)33-28-24-15-23(12-13-26(24)36(34-28)31(40)44-2)49(41,42)35(48-21-10-6-7-11-21)16-27(37)25(14-20-8-4-3-5-9-20)32-30(39)47-22-17-45-19-46-18-22/h3-5,8-9,12-13,15,21-22,25,27,37H,6-7,10-11,14,16-19H2,1-2H3,(H,32,39)(H,33,34,38)/t25-,27?/m0/s1. The zero-order chi connectivity index (χ0) is 35.0. The highest BCUT2D eigenvalue weighted by atomic mass is 32.2. The summed E-state index contributed by atoms with van der Waals surface area (Å²) < 4.78 is 55.3. The van der Waals surface area contributed by atoms with Crippen molar-refractivity contribution in [1.82, 2.24) is 19.6 Å². The fourth-order valence-electron chi connectivity index (χ4n) is 5.50. The van der Waals surface area contributed by atoms with Crippen molar-refractivity contribution in [3.8, 4) is 0 Å². The predicted octanol–water partition coefficient (Wildman–Crippen LogP) is 2.77. The molecule has 49 heavy (non-hydrogen) atoms. The lowest BCUT2D eigenvalue weighted by Crippen LogP contribution is -2.52. The van der Waals surface area contributed by atoms with Gasteiger partial charge in [0.05, 0.1) is 62.6 Å². The number of hydrogen-bond donors (Lipinski definition) is 3. The number of amides is 2. The number of benzene rings is 2. The van der Waals surface area contributed by atoms with Crippen LogP contribution in [-0.4, -0.2) is 111 Å². The molecule has 0 spiro atoms. The van der Waals surface area contributed by atoms with Gasteiger partial charge in [-0.05, 0) is 43.0 Å². The van der Waals surface area contributed by atoms with Crippen LogP contribution in [0.4, 0.5) is 20.2 Å². The minimum atomic E-state index is -4.52. The van der Waals surface area contributed by atoms with E-state index >= 15 is 0 Å². The minimum absolute atomic E-state index is 0.0836. The number of aliphatic hydroxyl groups excluding tert-OH is 1. The molecule has 266 valence electrons. The van der Waals surface area contributed by atoms with E-state index in [4.69, 9.17) is 23.8 Å². The number of hydroxylamine groups is 1. The summed E-state index contributed by atoms with van der Waals surface area (Å²) in [5.74, 6) is -0.160. The lowest BCUT2D eigenvalue weighted by atomic mass is 10.0. The number of hydrogen-bond acceptors (Lipinski definition) is 13. The lowest BCUT2D eigenvalue weighted by Gasteiger charge is -2.31. The number of anilines is 1. The molecule has 2 aromatic carbocycles. The van der Waals surface area contributed by atoms with Gasteiger partial charge in [0.15, 0.2) is 11.9 Å². The second-order valence-corrected chi connectivity index (χ2v) is 13.3. The van der Waals surface area contributed by atoms with Crippen molar-refractivity contribution in [1.29, 1.82) is 0 Å². The Kier molecular flexibility index (Phi) is 12.0. The predicted molar refractivity (Wildman–Crippen MR) is 171 cm³/mol. The van der Waals surface area contributed by atoms with E-state index in [0.29, 0.717) is 12.8 Å². The topological polar surface area (TPSA) is 206 Å². The Labute approximate surface area is 282 Å². The molecule has 2 aliphatic rings. The maximum atomic E-state index is 14.3. The van der Waals surface area contributed by atoms with E-state index in [2.05, 4.69) is 20.5 Å². The summed E-state index contributed by atoms with van der Waals surface area (Å²) in [6.07, 6.45) is -2.22. The van der Waals surface area contributed by atoms with Gasteiger partial charge >= 0.3 is 18.3 Å². The molecule has 1 unspecified atom stereocenters. The lowest BCUT2D eigenvalue weighted by molar-refractivity contribution is -0.153. The Morgan fingerprint density at radius 2 is 1.73 bits per heavy atom. The number of nitrogens with one attached hydrogen (secondary N) is 2. The average Bonchev–Trinajstić information content (AvgIpc) is 3.76. The first kappa shape index (κ1) is 36.0. The number of fused-ring (bicyclic) bond motifs is 1. The number of rotatable bonds is 12. The number of ether oxygens (including phenoxy) is 5. The summed E-state index contributed by atoms with van der Waals surface area (Å²) in [5.41, 5.74) is 0.904. The van der Waals surface area contributed by atoms with Crippen LogP contribution < -0.4 is 10.6 Å². The third-order valence-corrected chi connectivity index (χ3v) is 9.61. The number of aromatic nitrogens is 2. The van der Waals surface area contributed by atoms with Gasteiger partial charge < -0.3 is 34.1 Å². The molecule has 3 N–H and O–H groups in total. The summed E-state index contributed by atoms with van der Waals surface area (Å²) in [7, 11) is -2.25. The molecule has 0 bridgehead atoms. The van der Waals surface area contributed by atoms with Gasteiger partial charge in [-0.25, -0.2) is 22.8 Å². The molecule has 0 radical (unpaired) electrons. The molecule has 1 saturated carbocycles. The van der Waals surface area contributed by atoms with Gasteiger partial charge in [-0.15, -0.1) is 5.10 Å². The molecule has 2 amide bonds. The maximum Gasteiger partial charge on any atom is 0.435 e. The second kappa shape index (κ2) is 16.4. The van der Waals surface area contributed by atoms with Crippen LogP contribution in [0, 0.1) is 0 Å². The Morgan fingerprint density at radius 3 is 2.41 bits per heavy atom. The Hall–Kier alpha value is -4.33. The van der Waals surface area contributed by atoms with E-state index in [9.17, 15) is 27.9 Å². The maximum absolute atomic E-state index is 14.3. The number of methoxy groups -OCH3 is 2. The largest absolute Gasteiger partial charge is 0.453 e. The van der Waals surface area contributed by atoms with Crippen molar-refractivity contribution in [2.24, 2.45) is 0 Å². The fraction of sp³-hybridized carbons (Fsp3) is 0.484. The molecule has 18 heteroatoms. The first-order valence-corrected chi connectivity index (χ1v) is 17.0. The molecule has 2 heterocycles. The smallest absolute Gasteiger partial charge is 0.435 e. The van der Waals surface area contributed by atoms with Gasteiger partial charge in [0.25, 0.3) is 10.0 Å². The van der Waals surface area contributed by atoms with Gasteiger partial charge in [0.1, 0.15) is 6.79 Å². The number of aliphatic hydroxyl groups is 1. The SMILES string of the molecule is COC(=O)Nc1nn(C(=O)OC)c2ccc(S(=O)(=O)N(CC(O)[C@H](Cc3ccccc3)NC(=O)OC3COCOC3)OC3CCCC3)cc12. The molecule has 1 aliphatic heterocycles. The van der Waals surface area contributed by atoms with Gasteiger partial charge in [-0.1, -0.05) is 47.6 Å². The van der Waals surface area contributed by atoms with Crippen molar-refractivity contribution in [2.45, 2.75) is 61.4 Å². The monoisotopic (exact) mass is 705 g/mol. The van der Waals surface area contributed by atoms with Crippen LogP contribution >= 0.6 is 0 Å². The summed E-state index contributed by atoms with van der Waals surface area (Å²) in [6, 6.07) is 11.8. The van der Waals surface area contributed by atoms with Gasteiger partial charge in [-0.2, -0.15) is 4.68 Å². The van der Waals surface area contributed by atoms with Crippen LogP contribution in [0.5, 0.6) is 0 Å². The molecule has 5 rings (SSSR count). The van der Waals surface area contributed by atoms with Crippen LogP contribution in [0.3, 0.4) is 0 Å². The molecule has 2 fully saturated rings. The number of carbonyl (C=O) groups excluding carboxylic acids is 3. The first-order valence-electron chi connectivity index (χ1n) is 15.6. The second-order valence-electron chi connectivity index (χ2n) is 11.4. The molecule has 1 aliphatic carbocycles. The highest BCUT2D eigenvalue weighted by Crippen LogP contribution is 2.30.